The number of ether oxygens (including phenoxy) is 1. The predicted molar refractivity (Wildman–Crippen MR) is 107 cm³/mol. The van der Waals surface area contributed by atoms with Gasteiger partial charge < -0.3 is 10.1 Å². The van der Waals surface area contributed by atoms with Crippen molar-refractivity contribution in [3.8, 4) is 0 Å². The van der Waals surface area contributed by atoms with E-state index in [0.717, 1.165) is 21.8 Å². The van der Waals surface area contributed by atoms with Gasteiger partial charge in [-0.15, -0.1) is 11.3 Å². The second-order valence-electron chi connectivity index (χ2n) is 8.12. The number of nitrogens with zero attached hydrogens (tertiary/aromatic N) is 2. The molecule has 2 heterocycles. The Morgan fingerprint density at radius 3 is 2.77 bits per heavy atom. The van der Waals surface area contributed by atoms with Crippen LogP contribution in [0, 0.1) is 0 Å². The summed E-state index contributed by atoms with van der Waals surface area (Å²) in [5.41, 5.74) is 2.35. The number of rotatable bonds is 3. The van der Waals surface area contributed by atoms with Gasteiger partial charge in [-0.05, 0) is 38.5 Å². The third-order valence-electron chi connectivity index (χ3n) is 4.18. The maximum atomic E-state index is 12.7. The summed E-state index contributed by atoms with van der Waals surface area (Å²) >= 11 is 7.33. The molecule has 5 nitrogen and oxygen atoms in total. The maximum Gasteiger partial charge on any atom is 0.414 e. The van der Waals surface area contributed by atoms with E-state index < -0.39 is 5.60 Å². The van der Waals surface area contributed by atoms with Crippen molar-refractivity contribution in [3.63, 3.8) is 0 Å². The first-order chi connectivity index (χ1) is 12.0. The Labute approximate surface area is 163 Å². The summed E-state index contributed by atoms with van der Waals surface area (Å²) < 4.78 is 6.12. The highest BCUT2D eigenvalue weighted by molar-refractivity contribution is 7.15. The molecule has 26 heavy (non-hydrogen) atoms. The van der Waals surface area contributed by atoms with Gasteiger partial charge in [0.05, 0.1) is 12.2 Å². The minimum Gasteiger partial charge on any atom is -0.443 e. The van der Waals surface area contributed by atoms with Crippen molar-refractivity contribution in [1.82, 2.24) is 4.98 Å². The summed E-state index contributed by atoms with van der Waals surface area (Å²) in [5, 5.41) is 3.37. The molecule has 1 aliphatic heterocycles. The summed E-state index contributed by atoms with van der Waals surface area (Å²) in [6.07, 6.45) is 1.46. The molecular weight excluding hydrogens is 370 g/mol. The van der Waals surface area contributed by atoms with Crippen molar-refractivity contribution in [2.45, 2.75) is 52.2 Å². The molecule has 1 aromatic carbocycles. The van der Waals surface area contributed by atoms with Crippen molar-refractivity contribution < 1.29 is 9.53 Å². The van der Waals surface area contributed by atoms with Gasteiger partial charge in [-0.3, -0.25) is 4.90 Å². The standard InChI is InChI=1S/C19H24ClN3O2S/c1-18(2,3)25-17(24)23-11-19(4,5)14-7-6-12(8-15(14)23)21-9-13-10-22-16(20)26-13/h6-8,10,21H,9,11H2,1-5H3. The van der Waals surface area contributed by atoms with Gasteiger partial charge in [-0.25, -0.2) is 9.78 Å². The molecule has 0 saturated heterocycles. The Balaban J connectivity index is 1.82. The maximum absolute atomic E-state index is 12.7. The third kappa shape index (κ3) is 4.13. The molecule has 0 spiro atoms. The number of anilines is 2. The number of nitrogens with one attached hydrogen (secondary N) is 1. The van der Waals surface area contributed by atoms with Gasteiger partial charge in [-0.1, -0.05) is 31.5 Å². The number of thiazole rings is 1. The second-order valence-corrected chi connectivity index (χ2v) is 9.81. The minimum atomic E-state index is -0.523. The van der Waals surface area contributed by atoms with Crippen molar-refractivity contribution >= 4 is 40.4 Å². The Kier molecular flexibility index (Phi) is 4.92. The molecule has 0 aliphatic carbocycles. The highest BCUT2D eigenvalue weighted by Gasteiger charge is 2.39. The van der Waals surface area contributed by atoms with Crippen LogP contribution in [-0.2, 0) is 16.7 Å². The number of hydrogen-bond donors (Lipinski definition) is 1. The molecular formula is C19H24ClN3O2S. The Hall–Kier alpha value is -1.79. The molecule has 0 saturated carbocycles. The lowest BCUT2D eigenvalue weighted by Gasteiger charge is -2.26. The van der Waals surface area contributed by atoms with Crippen LogP contribution in [-0.4, -0.2) is 23.2 Å². The van der Waals surface area contributed by atoms with Crippen LogP contribution in [0.5, 0.6) is 0 Å². The Morgan fingerprint density at radius 2 is 2.15 bits per heavy atom. The van der Waals surface area contributed by atoms with Crippen molar-refractivity contribution in [1.29, 1.82) is 0 Å². The molecule has 1 N–H and O–H groups in total. The lowest BCUT2D eigenvalue weighted by Crippen LogP contribution is -2.38. The van der Waals surface area contributed by atoms with Crippen LogP contribution in [0.4, 0.5) is 16.2 Å². The number of amides is 1. The number of benzene rings is 1. The van der Waals surface area contributed by atoms with Crippen LogP contribution in [0.2, 0.25) is 4.47 Å². The van der Waals surface area contributed by atoms with Crippen LogP contribution in [0.3, 0.4) is 0 Å². The molecule has 0 radical (unpaired) electrons. The first kappa shape index (κ1) is 19.0. The Morgan fingerprint density at radius 1 is 1.42 bits per heavy atom. The molecule has 1 aromatic heterocycles. The van der Waals surface area contributed by atoms with E-state index in [4.69, 9.17) is 16.3 Å². The van der Waals surface area contributed by atoms with Crippen LogP contribution in [0.1, 0.15) is 45.1 Å². The predicted octanol–water partition coefficient (Wildman–Crippen LogP) is 5.44. The third-order valence-corrected chi connectivity index (χ3v) is 5.29. The van der Waals surface area contributed by atoms with Crippen molar-refractivity contribution in [3.05, 3.63) is 39.3 Å². The summed E-state index contributed by atoms with van der Waals surface area (Å²) in [7, 11) is 0. The number of fused-ring (bicyclic) bond motifs is 1. The van der Waals surface area contributed by atoms with E-state index in [-0.39, 0.29) is 11.5 Å². The van der Waals surface area contributed by atoms with Crippen LogP contribution in [0.15, 0.2) is 24.4 Å². The SMILES string of the molecule is CC(C)(C)OC(=O)N1CC(C)(C)c2ccc(NCc3cnc(Cl)s3)cc21. The highest BCUT2D eigenvalue weighted by Crippen LogP contribution is 2.42. The van der Waals surface area contributed by atoms with Gasteiger partial charge in [0.2, 0.25) is 0 Å². The molecule has 1 amide bonds. The fraction of sp³-hybridized carbons (Fsp3) is 0.474. The summed E-state index contributed by atoms with van der Waals surface area (Å²) in [6, 6.07) is 6.14. The van der Waals surface area contributed by atoms with E-state index in [9.17, 15) is 4.79 Å². The number of hydrogen-bond acceptors (Lipinski definition) is 5. The lowest BCUT2D eigenvalue weighted by molar-refractivity contribution is 0.0579. The van der Waals surface area contributed by atoms with E-state index in [1.54, 1.807) is 11.1 Å². The summed E-state index contributed by atoms with van der Waals surface area (Å²) in [6.45, 7) is 11.2. The van der Waals surface area contributed by atoms with Gasteiger partial charge in [0.25, 0.3) is 0 Å². The lowest BCUT2D eigenvalue weighted by atomic mass is 9.87. The monoisotopic (exact) mass is 393 g/mol. The molecule has 3 rings (SSSR count). The van der Waals surface area contributed by atoms with Crippen molar-refractivity contribution in [2.24, 2.45) is 0 Å². The smallest absolute Gasteiger partial charge is 0.414 e. The number of carbonyl (C=O) groups is 1. The molecule has 140 valence electrons. The van der Waals surface area contributed by atoms with E-state index in [1.165, 1.54) is 11.3 Å². The average Bonchev–Trinajstić information content (AvgIpc) is 3.05. The van der Waals surface area contributed by atoms with Gasteiger partial charge in [0, 0.05) is 28.7 Å². The largest absolute Gasteiger partial charge is 0.443 e. The summed E-state index contributed by atoms with van der Waals surface area (Å²) in [4.78, 5) is 19.5. The van der Waals surface area contributed by atoms with E-state index >= 15 is 0 Å². The molecule has 0 atom stereocenters. The second kappa shape index (κ2) is 6.74. The van der Waals surface area contributed by atoms with E-state index in [2.05, 4.69) is 30.2 Å². The quantitative estimate of drug-likeness (QED) is 0.754. The van der Waals surface area contributed by atoms with Gasteiger partial charge in [0.1, 0.15) is 5.60 Å². The summed E-state index contributed by atoms with van der Waals surface area (Å²) in [5.74, 6) is 0. The van der Waals surface area contributed by atoms with Gasteiger partial charge in [-0.2, -0.15) is 0 Å². The molecule has 0 unspecified atom stereocenters. The number of halogens is 1. The first-order valence-corrected chi connectivity index (χ1v) is 9.74. The van der Waals surface area contributed by atoms with Crippen molar-refractivity contribution in [2.75, 3.05) is 16.8 Å². The molecule has 2 aromatic rings. The van der Waals surface area contributed by atoms with Crippen LogP contribution >= 0.6 is 22.9 Å². The number of carbonyl (C=O) groups excluding carboxylic acids is 1. The molecule has 7 heteroatoms. The zero-order valence-electron chi connectivity index (χ0n) is 15.7. The fourth-order valence-corrected chi connectivity index (χ4v) is 3.95. The zero-order valence-corrected chi connectivity index (χ0v) is 17.3. The van der Waals surface area contributed by atoms with E-state index in [0.29, 0.717) is 17.6 Å². The average molecular weight is 394 g/mol. The molecule has 0 bridgehead atoms. The topological polar surface area (TPSA) is 54.5 Å². The fourth-order valence-electron chi connectivity index (χ4n) is 3.04. The highest BCUT2D eigenvalue weighted by atomic mass is 35.5. The first-order valence-electron chi connectivity index (χ1n) is 8.54. The molecule has 1 aliphatic rings. The van der Waals surface area contributed by atoms with E-state index in [1.807, 2.05) is 32.9 Å². The zero-order chi connectivity index (χ0) is 19.1. The number of aromatic nitrogens is 1. The van der Waals surface area contributed by atoms with Gasteiger partial charge in [0.15, 0.2) is 4.47 Å². The normalized spacial score (nSPS) is 15.7. The van der Waals surface area contributed by atoms with Gasteiger partial charge >= 0.3 is 6.09 Å². The minimum absolute atomic E-state index is 0.115. The Bertz CT molecular complexity index is 826. The van der Waals surface area contributed by atoms with Crippen LogP contribution in [0.25, 0.3) is 0 Å². The molecule has 0 fully saturated rings. The van der Waals surface area contributed by atoms with Crippen LogP contribution < -0.4 is 10.2 Å².